The summed E-state index contributed by atoms with van der Waals surface area (Å²) in [6.07, 6.45) is 6.41. The van der Waals surface area contributed by atoms with E-state index in [-0.39, 0.29) is 5.91 Å². The number of rotatable bonds is 8. The quantitative estimate of drug-likeness (QED) is 0.692. The van der Waals surface area contributed by atoms with Gasteiger partial charge in [-0.3, -0.25) is 4.79 Å². The zero-order valence-electron chi connectivity index (χ0n) is 10.9. The van der Waals surface area contributed by atoms with E-state index in [1.54, 1.807) is 6.26 Å². The molecule has 0 bridgehead atoms. The summed E-state index contributed by atoms with van der Waals surface area (Å²) in [6.45, 7) is 3.01. The molecule has 1 fully saturated rings. The smallest absolute Gasteiger partial charge is 0.220 e. The number of hydrogen-bond donors (Lipinski definition) is 2. The topological polar surface area (TPSA) is 54.3 Å². The van der Waals surface area contributed by atoms with Crippen molar-refractivity contribution in [3.8, 4) is 0 Å². The van der Waals surface area contributed by atoms with Crippen LogP contribution in [0.25, 0.3) is 0 Å². The lowest BCUT2D eigenvalue weighted by Crippen LogP contribution is -2.30. The first-order chi connectivity index (χ1) is 8.74. The van der Waals surface area contributed by atoms with E-state index in [4.69, 9.17) is 4.42 Å². The Kier molecular flexibility index (Phi) is 4.81. The van der Waals surface area contributed by atoms with Crippen LogP contribution in [0.3, 0.4) is 0 Å². The zero-order chi connectivity index (χ0) is 12.8. The number of nitrogens with one attached hydrogen (secondary N) is 2. The molecule has 1 aliphatic rings. The maximum absolute atomic E-state index is 11.4. The van der Waals surface area contributed by atoms with Crippen molar-refractivity contribution in [3.05, 3.63) is 24.2 Å². The van der Waals surface area contributed by atoms with E-state index in [1.165, 1.54) is 0 Å². The molecule has 1 heterocycles. The molecule has 0 radical (unpaired) electrons. The first kappa shape index (κ1) is 13.1. The van der Waals surface area contributed by atoms with Gasteiger partial charge in [0.05, 0.1) is 6.26 Å². The van der Waals surface area contributed by atoms with Gasteiger partial charge in [-0.2, -0.15) is 0 Å². The molecule has 1 atom stereocenters. The first-order valence-electron chi connectivity index (χ1n) is 6.79. The third kappa shape index (κ3) is 4.92. The first-order valence-corrected chi connectivity index (χ1v) is 6.79. The van der Waals surface area contributed by atoms with Crippen molar-refractivity contribution in [2.24, 2.45) is 0 Å². The molecule has 18 heavy (non-hydrogen) atoms. The van der Waals surface area contributed by atoms with Crippen molar-refractivity contribution < 1.29 is 9.21 Å². The summed E-state index contributed by atoms with van der Waals surface area (Å²) in [5.74, 6) is 1.19. The standard InChI is InChI=1S/C14H22N2O2/c1-11(10-13-4-3-9-18-13)15-8-2-5-14(17)16-12-6-7-12/h3-4,9,11-12,15H,2,5-8,10H2,1H3,(H,16,17). The molecular weight excluding hydrogens is 228 g/mol. The molecular formula is C14H22N2O2. The molecule has 100 valence electrons. The lowest BCUT2D eigenvalue weighted by molar-refractivity contribution is -0.121. The van der Waals surface area contributed by atoms with Crippen LogP contribution < -0.4 is 10.6 Å². The van der Waals surface area contributed by atoms with Crippen LogP contribution >= 0.6 is 0 Å². The van der Waals surface area contributed by atoms with E-state index < -0.39 is 0 Å². The maximum Gasteiger partial charge on any atom is 0.220 e. The highest BCUT2D eigenvalue weighted by molar-refractivity contribution is 5.76. The van der Waals surface area contributed by atoms with Gasteiger partial charge < -0.3 is 15.1 Å². The minimum absolute atomic E-state index is 0.193. The molecule has 2 N–H and O–H groups in total. The number of amides is 1. The number of hydrogen-bond acceptors (Lipinski definition) is 3. The molecule has 4 heteroatoms. The molecule has 1 amide bonds. The van der Waals surface area contributed by atoms with Gasteiger partial charge in [-0.1, -0.05) is 0 Å². The highest BCUT2D eigenvalue weighted by atomic mass is 16.3. The minimum Gasteiger partial charge on any atom is -0.469 e. The van der Waals surface area contributed by atoms with Gasteiger partial charge in [0.1, 0.15) is 5.76 Å². The number of carbonyl (C=O) groups is 1. The SMILES string of the molecule is CC(Cc1ccco1)NCCCC(=O)NC1CC1. The molecule has 1 unspecified atom stereocenters. The van der Waals surface area contributed by atoms with Gasteiger partial charge in [0.15, 0.2) is 0 Å². The van der Waals surface area contributed by atoms with Crippen molar-refractivity contribution in [2.75, 3.05) is 6.54 Å². The van der Waals surface area contributed by atoms with Crippen molar-refractivity contribution in [2.45, 2.75) is 51.1 Å². The van der Waals surface area contributed by atoms with Gasteiger partial charge in [0, 0.05) is 24.9 Å². The Labute approximate surface area is 108 Å². The van der Waals surface area contributed by atoms with Crippen molar-refractivity contribution in [1.29, 1.82) is 0 Å². The summed E-state index contributed by atoms with van der Waals surface area (Å²) in [5.41, 5.74) is 0. The fourth-order valence-corrected chi connectivity index (χ4v) is 1.93. The third-order valence-corrected chi connectivity index (χ3v) is 3.10. The van der Waals surface area contributed by atoms with Gasteiger partial charge in [0.2, 0.25) is 5.91 Å². The van der Waals surface area contributed by atoms with Crippen LogP contribution in [-0.2, 0) is 11.2 Å². The Balaban J connectivity index is 1.50. The van der Waals surface area contributed by atoms with Gasteiger partial charge in [0.25, 0.3) is 0 Å². The third-order valence-electron chi connectivity index (χ3n) is 3.10. The molecule has 1 aromatic heterocycles. The molecule has 4 nitrogen and oxygen atoms in total. The normalized spacial score (nSPS) is 16.5. The summed E-state index contributed by atoms with van der Waals surface area (Å²) in [7, 11) is 0. The predicted molar refractivity (Wildman–Crippen MR) is 70.3 cm³/mol. The Morgan fingerprint density at radius 1 is 1.56 bits per heavy atom. The molecule has 0 spiro atoms. The Morgan fingerprint density at radius 3 is 3.06 bits per heavy atom. The summed E-state index contributed by atoms with van der Waals surface area (Å²) >= 11 is 0. The van der Waals surface area contributed by atoms with Crippen LogP contribution in [0.2, 0.25) is 0 Å². The summed E-state index contributed by atoms with van der Waals surface area (Å²) in [4.78, 5) is 11.4. The second-order valence-electron chi connectivity index (χ2n) is 5.08. The highest BCUT2D eigenvalue weighted by Gasteiger charge is 2.22. The minimum atomic E-state index is 0.193. The monoisotopic (exact) mass is 250 g/mol. The molecule has 0 saturated heterocycles. The fraction of sp³-hybridized carbons (Fsp3) is 0.643. The van der Waals surface area contributed by atoms with Crippen LogP contribution in [-0.4, -0.2) is 24.5 Å². The van der Waals surface area contributed by atoms with Gasteiger partial charge in [-0.05, 0) is 44.9 Å². The summed E-state index contributed by atoms with van der Waals surface area (Å²) < 4.78 is 5.30. The fourth-order valence-electron chi connectivity index (χ4n) is 1.93. The lowest BCUT2D eigenvalue weighted by atomic mass is 10.2. The second-order valence-corrected chi connectivity index (χ2v) is 5.08. The highest BCUT2D eigenvalue weighted by Crippen LogP contribution is 2.18. The molecule has 1 aromatic rings. The predicted octanol–water partition coefficient (Wildman–Crippen LogP) is 1.86. The zero-order valence-corrected chi connectivity index (χ0v) is 10.9. The van der Waals surface area contributed by atoms with Crippen molar-refractivity contribution >= 4 is 5.91 Å². The molecule has 2 rings (SSSR count). The van der Waals surface area contributed by atoms with Gasteiger partial charge >= 0.3 is 0 Å². The Morgan fingerprint density at radius 2 is 2.39 bits per heavy atom. The second kappa shape index (κ2) is 6.59. The average molecular weight is 250 g/mol. The van der Waals surface area contributed by atoms with Crippen LogP contribution in [0.4, 0.5) is 0 Å². The average Bonchev–Trinajstić information content (AvgIpc) is 2.99. The molecule has 1 saturated carbocycles. The molecule has 0 aromatic carbocycles. The Bertz CT molecular complexity index is 358. The lowest BCUT2D eigenvalue weighted by Gasteiger charge is -2.12. The van der Waals surface area contributed by atoms with Crippen LogP contribution in [0, 0.1) is 0 Å². The van der Waals surface area contributed by atoms with Gasteiger partial charge in [-0.15, -0.1) is 0 Å². The Hall–Kier alpha value is -1.29. The van der Waals surface area contributed by atoms with E-state index >= 15 is 0 Å². The van der Waals surface area contributed by atoms with Gasteiger partial charge in [-0.25, -0.2) is 0 Å². The van der Waals surface area contributed by atoms with E-state index in [9.17, 15) is 4.79 Å². The van der Waals surface area contributed by atoms with E-state index in [2.05, 4.69) is 17.6 Å². The van der Waals surface area contributed by atoms with E-state index in [0.29, 0.717) is 18.5 Å². The van der Waals surface area contributed by atoms with Crippen LogP contribution in [0.5, 0.6) is 0 Å². The van der Waals surface area contributed by atoms with Crippen molar-refractivity contribution in [1.82, 2.24) is 10.6 Å². The molecule has 0 aliphatic heterocycles. The van der Waals surface area contributed by atoms with E-state index in [1.807, 2.05) is 12.1 Å². The summed E-state index contributed by atoms with van der Waals surface area (Å²) in [6, 6.07) is 4.75. The van der Waals surface area contributed by atoms with E-state index in [0.717, 1.165) is 38.0 Å². The largest absolute Gasteiger partial charge is 0.469 e. The van der Waals surface area contributed by atoms with Crippen LogP contribution in [0.15, 0.2) is 22.8 Å². The van der Waals surface area contributed by atoms with Crippen molar-refractivity contribution in [3.63, 3.8) is 0 Å². The number of furan rings is 1. The number of carbonyl (C=O) groups excluding carboxylic acids is 1. The van der Waals surface area contributed by atoms with Crippen LogP contribution in [0.1, 0.15) is 38.4 Å². The summed E-state index contributed by atoms with van der Waals surface area (Å²) in [5, 5.41) is 6.40. The molecule has 1 aliphatic carbocycles. The maximum atomic E-state index is 11.4.